The van der Waals surface area contributed by atoms with Crippen molar-refractivity contribution in [1.29, 1.82) is 0 Å². The Bertz CT molecular complexity index is 341. The minimum atomic E-state index is -1.45. The monoisotopic (exact) mass is 228 g/mol. The first-order chi connectivity index (χ1) is 7.55. The first kappa shape index (κ1) is 11.3. The molecule has 0 aromatic carbocycles. The van der Waals surface area contributed by atoms with Crippen LogP contribution in [0.15, 0.2) is 12.2 Å². The molecule has 0 bridgehead atoms. The molecule has 0 amide bonds. The minimum absolute atomic E-state index is 0.322. The second-order valence-electron chi connectivity index (χ2n) is 3.63. The molecule has 6 heteroatoms. The fourth-order valence-electron chi connectivity index (χ4n) is 1.79. The van der Waals surface area contributed by atoms with Gasteiger partial charge in [-0.3, -0.25) is 9.59 Å². The molecule has 0 saturated carbocycles. The van der Waals surface area contributed by atoms with Crippen LogP contribution in [0, 0.1) is 0 Å². The maximum Gasteiger partial charge on any atom is 0.303 e. The van der Waals surface area contributed by atoms with Gasteiger partial charge in [-0.2, -0.15) is 0 Å². The predicted octanol–water partition coefficient (Wildman–Crippen LogP) is -0.839. The van der Waals surface area contributed by atoms with Crippen molar-refractivity contribution in [2.75, 3.05) is 13.2 Å². The lowest BCUT2D eigenvalue weighted by Gasteiger charge is -2.36. The summed E-state index contributed by atoms with van der Waals surface area (Å²) in [7, 11) is 0. The normalized spacial score (nSPS) is 32.0. The summed E-state index contributed by atoms with van der Waals surface area (Å²) < 4.78 is 15.5. The third kappa shape index (κ3) is 1.75. The van der Waals surface area contributed by atoms with Gasteiger partial charge in [0.25, 0.3) is 0 Å². The van der Waals surface area contributed by atoms with E-state index in [0.717, 1.165) is 0 Å². The molecule has 0 aromatic heterocycles. The highest BCUT2D eigenvalue weighted by Gasteiger charge is 2.52. The summed E-state index contributed by atoms with van der Waals surface area (Å²) in [6, 6.07) is 0. The van der Waals surface area contributed by atoms with E-state index in [2.05, 4.69) is 0 Å². The first-order valence-electron chi connectivity index (χ1n) is 4.91. The molecule has 1 fully saturated rings. The van der Waals surface area contributed by atoms with Crippen LogP contribution >= 0.6 is 0 Å². The lowest BCUT2D eigenvalue weighted by molar-refractivity contribution is -0.227. The number of ketones is 1. The minimum Gasteiger partial charge on any atom is -0.453 e. The van der Waals surface area contributed by atoms with Gasteiger partial charge in [0.15, 0.2) is 18.0 Å². The summed E-state index contributed by atoms with van der Waals surface area (Å²) in [5, 5.41) is 9.67. The smallest absolute Gasteiger partial charge is 0.303 e. The molecule has 1 aliphatic carbocycles. The van der Waals surface area contributed by atoms with Crippen LogP contribution in [0.25, 0.3) is 0 Å². The summed E-state index contributed by atoms with van der Waals surface area (Å²) in [5.74, 6) is -2.46. The lowest BCUT2D eigenvalue weighted by atomic mass is 9.94. The van der Waals surface area contributed by atoms with Crippen LogP contribution in [0.5, 0.6) is 0 Å². The Morgan fingerprint density at radius 3 is 2.75 bits per heavy atom. The van der Waals surface area contributed by atoms with Gasteiger partial charge in [-0.1, -0.05) is 0 Å². The molecule has 1 heterocycles. The van der Waals surface area contributed by atoms with E-state index in [9.17, 15) is 14.7 Å². The van der Waals surface area contributed by atoms with Gasteiger partial charge in [0, 0.05) is 6.92 Å². The largest absolute Gasteiger partial charge is 0.453 e. The van der Waals surface area contributed by atoms with E-state index in [4.69, 9.17) is 14.2 Å². The van der Waals surface area contributed by atoms with E-state index in [1.165, 1.54) is 19.1 Å². The summed E-state index contributed by atoms with van der Waals surface area (Å²) >= 11 is 0. The zero-order chi connectivity index (χ0) is 11.8. The van der Waals surface area contributed by atoms with Crippen LogP contribution in [0.1, 0.15) is 6.92 Å². The molecule has 88 valence electrons. The third-order valence-corrected chi connectivity index (χ3v) is 2.49. The lowest BCUT2D eigenvalue weighted by Crippen LogP contribution is -2.55. The van der Waals surface area contributed by atoms with Gasteiger partial charge >= 0.3 is 5.97 Å². The SMILES string of the molecule is CC(=O)O[C@@H]1[C@H](O)C(=O)C=CC12OCCO2. The quantitative estimate of drug-likeness (QED) is 0.589. The fraction of sp³-hybridized carbons (Fsp3) is 0.600. The molecule has 6 nitrogen and oxygen atoms in total. The van der Waals surface area contributed by atoms with Crippen molar-refractivity contribution in [3.05, 3.63) is 12.2 Å². The molecule has 1 saturated heterocycles. The average Bonchev–Trinajstić information content (AvgIpc) is 2.69. The second kappa shape index (κ2) is 3.97. The molecule has 0 aromatic rings. The molecule has 16 heavy (non-hydrogen) atoms. The highest BCUT2D eigenvalue weighted by molar-refractivity contribution is 5.95. The van der Waals surface area contributed by atoms with Gasteiger partial charge in [0.1, 0.15) is 0 Å². The molecule has 1 aliphatic heterocycles. The Labute approximate surface area is 91.8 Å². The Morgan fingerprint density at radius 2 is 2.19 bits per heavy atom. The predicted molar refractivity (Wildman–Crippen MR) is 50.3 cm³/mol. The number of aliphatic hydroxyl groups is 1. The van der Waals surface area contributed by atoms with Crippen molar-refractivity contribution in [3.8, 4) is 0 Å². The van der Waals surface area contributed by atoms with Crippen molar-refractivity contribution < 1.29 is 28.9 Å². The van der Waals surface area contributed by atoms with Crippen molar-refractivity contribution in [3.63, 3.8) is 0 Å². The molecular formula is C10H12O6. The van der Waals surface area contributed by atoms with Gasteiger partial charge in [-0.25, -0.2) is 0 Å². The standard InChI is InChI=1S/C10H12O6/c1-6(11)16-9-8(13)7(12)2-3-10(9)14-4-5-15-10/h2-3,8-9,13H,4-5H2,1H3/t8-,9-/m1/s1. The van der Waals surface area contributed by atoms with Crippen LogP contribution in [0.3, 0.4) is 0 Å². The Morgan fingerprint density at radius 1 is 1.56 bits per heavy atom. The number of carbonyl (C=O) groups excluding carboxylic acids is 2. The van der Waals surface area contributed by atoms with E-state index >= 15 is 0 Å². The van der Waals surface area contributed by atoms with E-state index in [1.807, 2.05) is 0 Å². The summed E-state index contributed by atoms with van der Waals surface area (Å²) in [5.41, 5.74) is 0. The van der Waals surface area contributed by atoms with E-state index in [1.54, 1.807) is 0 Å². The number of esters is 1. The van der Waals surface area contributed by atoms with Crippen LogP contribution < -0.4 is 0 Å². The van der Waals surface area contributed by atoms with Gasteiger partial charge in [0.2, 0.25) is 5.79 Å². The highest BCUT2D eigenvalue weighted by Crippen LogP contribution is 2.32. The number of carbonyl (C=O) groups is 2. The molecule has 1 spiro atoms. The van der Waals surface area contributed by atoms with Gasteiger partial charge in [-0.05, 0) is 12.2 Å². The number of hydrogen-bond acceptors (Lipinski definition) is 6. The molecule has 0 radical (unpaired) electrons. The Balaban J connectivity index is 2.30. The number of rotatable bonds is 1. The first-order valence-corrected chi connectivity index (χ1v) is 4.91. The van der Waals surface area contributed by atoms with Crippen LogP contribution in [0.2, 0.25) is 0 Å². The van der Waals surface area contributed by atoms with Crippen molar-refractivity contribution in [2.24, 2.45) is 0 Å². The Hall–Kier alpha value is -1.24. The molecule has 2 rings (SSSR count). The number of hydrogen-bond donors (Lipinski definition) is 1. The van der Waals surface area contributed by atoms with Gasteiger partial charge < -0.3 is 19.3 Å². The average molecular weight is 228 g/mol. The van der Waals surface area contributed by atoms with Crippen molar-refractivity contribution >= 4 is 11.8 Å². The molecule has 0 unspecified atom stereocenters. The third-order valence-electron chi connectivity index (χ3n) is 2.49. The van der Waals surface area contributed by atoms with Gasteiger partial charge in [-0.15, -0.1) is 0 Å². The van der Waals surface area contributed by atoms with Crippen molar-refractivity contribution in [1.82, 2.24) is 0 Å². The fourth-order valence-corrected chi connectivity index (χ4v) is 1.79. The zero-order valence-corrected chi connectivity index (χ0v) is 8.71. The maximum absolute atomic E-state index is 11.3. The molecule has 2 aliphatic rings. The van der Waals surface area contributed by atoms with E-state index in [-0.39, 0.29) is 0 Å². The van der Waals surface area contributed by atoms with E-state index < -0.39 is 29.7 Å². The van der Waals surface area contributed by atoms with Crippen LogP contribution in [0.4, 0.5) is 0 Å². The number of aliphatic hydroxyl groups excluding tert-OH is 1. The zero-order valence-electron chi connectivity index (χ0n) is 8.71. The summed E-state index contributed by atoms with van der Waals surface area (Å²) in [4.78, 5) is 22.2. The number of ether oxygens (including phenoxy) is 3. The van der Waals surface area contributed by atoms with Gasteiger partial charge in [0.05, 0.1) is 13.2 Å². The van der Waals surface area contributed by atoms with Crippen molar-refractivity contribution in [2.45, 2.75) is 24.9 Å². The highest BCUT2D eigenvalue weighted by atomic mass is 16.8. The maximum atomic E-state index is 11.3. The second-order valence-corrected chi connectivity index (χ2v) is 3.63. The Kier molecular flexibility index (Phi) is 2.79. The molecular weight excluding hydrogens is 216 g/mol. The van der Waals surface area contributed by atoms with E-state index in [0.29, 0.717) is 13.2 Å². The summed E-state index contributed by atoms with van der Waals surface area (Å²) in [6.07, 6.45) is -0.0458. The molecule has 1 N–H and O–H groups in total. The molecule has 2 atom stereocenters. The topological polar surface area (TPSA) is 82.1 Å². The van der Waals surface area contributed by atoms with Crippen LogP contribution in [-0.4, -0.2) is 48.1 Å². The van der Waals surface area contributed by atoms with Crippen LogP contribution in [-0.2, 0) is 23.8 Å². The summed E-state index contributed by atoms with van der Waals surface area (Å²) in [6.45, 7) is 1.84.